The van der Waals surface area contributed by atoms with Gasteiger partial charge in [-0.2, -0.15) is 0 Å². The third kappa shape index (κ3) is 4.33. The lowest BCUT2D eigenvalue weighted by Gasteiger charge is -2.36. The molecule has 2 amide bonds. The molecule has 136 valence electrons. The second-order valence-corrected chi connectivity index (χ2v) is 6.23. The van der Waals surface area contributed by atoms with Gasteiger partial charge in [0.15, 0.2) is 0 Å². The van der Waals surface area contributed by atoms with E-state index in [1.165, 1.54) is 0 Å². The minimum Gasteiger partial charge on any atom is -0.506 e. The third-order valence-electron chi connectivity index (χ3n) is 4.52. The van der Waals surface area contributed by atoms with Crippen LogP contribution in [0.2, 0.25) is 0 Å². The third-order valence-corrected chi connectivity index (χ3v) is 4.52. The first kappa shape index (κ1) is 17.8. The molecule has 2 aromatic rings. The van der Waals surface area contributed by atoms with Crippen LogP contribution in [0.5, 0.6) is 5.75 Å². The van der Waals surface area contributed by atoms with Gasteiger partial charge in [-0.1, -0.05) is 30.3 Å². The van der Waals surface area contributed by atoms with E-state index in [1.807, 2.05) is 35.2 Å². The van der Waals surface area contributed by atoms with E-state index in [0.29, 0.717) is 38.3 Å². The van der Waals surface area contributed by atoms with E-state index in [-0.39, 0.29) is 24.0 Å². The van der Waals surface area contributed by atoms with Crippen LogP contribution in [0.4, 0.5) is 5.69 Å². The van der Waals surface area contributed by atoms with Gasteiger partial charge in [-0.3, -0.25) is 9.59 Å². The quantitative estimate of drug-likeness (QED) is 0.861. The predicted molar refractivity (Wildman–Crippen MR) is 100 cm³/mol. The molecule has 0 saturated carbocycles. The SMILES string of the molecule is O=C(NCCC(=O)N1CCN(c2ccccc2O)CC1)c1ccccc1. The van der Waals surface area contributed by atoms with Crippen molar-refractivity contribution in [1.29, 1.82) is 0 Å². The number of rotatable bonds is 5. The second kappa shape index (κ2) is 8.38. The Bertz CT molecular complexity index is 756. The fourth-order valence-electron chi connectivity index (χ4n) is 3.06. The van der Waals surface area contributed by atoms with E-state index in [1.54, 1.807) is 24.3 Å². The van der Waals surface area contributed by atoms with Gasteiger partial charge in [-0.25, -0.2) is 0 Å². The van der Waals surface area contributed by atoms with Crippen molar-refractivity contribution >= 4 is 17.5 Å². The highest BCUT2D eigenvalue weighted by Gasteiger charge is 2.22. The summed E-state index contributed by atoms with van der Waals surface area (Å²) < 4.78 is 0. The van der Waals surface area contributed by atoms with E-state index >= 15 is 0 Å². The van der Waals surface area contributed by atoms with E-state index in [4.69, 9.17) is 0 Å². The summed E-state index contributed by atoms with van der Waals surface area (Å²) in [5, 5.41) is 12.7. The maximum Gasteiger partial charge on any atom is 0.251 e. The summed E-state index contributed by atoms with van der Waals surface area (Å²) in [7, 11) is 0. The molecule has 0 atom stereocenters. The zero-order chi connectivity index (χ0) is 18.4. The number of phenols is 1. The molecule has 1 saturated heterocycles. The first-order valence-corrected chi connectivity index (χ1v) is 8.79. The molecule has 0 spiro atoms. The van der Waals surface area contributed by atoms with Gasteiger partial charge < -0.3 is 20.2 Å². The van der Waals surface area contributed by atoms with Crippen LogP contribution >= 0.6 is 0 Å². The van der Waals surface area contributed by atoms with Gasteiger partial charge in [0.05, 0.1) is 5.69 Å². The van der Waals surface area contributed by atoms with Crippen molar-refractivity contribution in [2.75, 3.05) is 37.6 Å². The van der Waals surface area contributed by atoms with Crippen molar-refractivity contribution in [3.63, 3.8) is 0 Å². The summed E-state index contributed by atoms with van der Waals surface area (Å²) in [4.78, 5) is 28.2. The average molecular weight is 353 g/mol. The molecule has 3 rings (SSSR count). The number of nitrogens with one attached hydrogen (secondary N) is 1. The Morgan fingerprint density at radius 2 is 1.58 bits per heavy atom. The number of benzene rings is 2. The standard InChI is InChI=1S/C20H23N3O3/c24-18-9-5-4-8-17(18)22-12-14-23(15-13-22)19(25)10-11-21-20(26)16-6-2-1-3-7-16/h1-9,24H,10-15H2,(H,21,26). The van der Waals surface area contributed by atoms with Crippen LogP contribution in [-0.2, 0) is 4.79 Å². The summed E-state index contributed by atoms with van der Waals surface area (Å²) in [5.41, 5.74) is 1.39. The molecule has 1 fully saturated rings. The lowest BCUT2D eigenvalue weighted by molar-refractivity contribution is -0.131. The van der Waals surface area contributed by atoms with Crippen LogP contribution in [-0.4, -0.2) is 54.5 Å². The Hall–Kier alpha value is -3.02. The number of carbonyl (C=O) groups is 2. The summed E-state index contributed by atoms with van der Waals surface area (Å²) >= 11 is 0. The highest BCUT2D eigenvalue weighted by Crippen LogP contribution is 2.27. The highest BCUT2D eigenvalue weighted by atomic mass is 16.3. The fourth-order valence-corrected chi connectivity index (χ4v) is 3.06. The number of piperazine rings is 1. The lowest BCUT2D eigenvalue weighted by atomic mass is 10.2. The van der Waals surface area contributed by atoms with Crippen LogP contribution < -0.4 is 10.2 Å². The Morgan fingerprint density at radius 3 is 2.27 bits per heavy atom. The second-order valence-electron chi connectivity index (χ2n) is 6.23. The van der Waals surface area contributed by atoms with Crippen molar-refractivity contribution in [2.45, 2.75) is 6.42 Å². The van der Waals surface area contributed by atoms with Gasteiger partial charge in [-0.15, -0.1) is 0 Å². The monoisotopic (exact) mass is 353 g/mol. The van der Waals surface area contributed by atoms with Crippen LogP contribution in [0.1, 0.15) is 16.8 Å². The van der Waals surface area contributed by atoms with Crippen molar-refractivity contribution in [2.24, 2.45) is 0 Å². The van der Waals surface area contributed by atoms with Crippen molar-refractivity contribution in [3.05, 3.63) is 60.2 Å². The number of para-hydroxylation sites is 2. The van der Waals surface area contributed by atoms with Crippen molar-refractivity contribution in [1.82, 2.24) is 10.2 Å². The first-order valence-electron chi connectivity index (χ1n) is 8.79. The number of hydrogen-bond acceptors (Lipinski definition) is 4. The number of aromatic hydroxyl groups is 1. The first-order chi connectivity index (χ1) is 12.6. The van der Waals surface area contributed by atoms with E-state index < -0.39 is 0 Å². The fraction of sp³-hybridized carbons (Fsp3) is 0.300. The molecule has 6 nitrogen and oxygen atoms in total. The number of anilines is 1. The molecule has 0 bridgehead atoms. The zero-order valence-corrected chi connectivity index (χ0v) is 14.6. The van der Waals surface area contributed by atoms with Crippen molar-refractivity contribution in [3.8, 4) is 5.75 Å². The molecule has 1 aliphatic rings. The predicted octanol–water partition coefficient (Wildman–Crippen LogP) is 1.86. The minimum atomic E-state index is -0.164. The van der Waals surface area contributed by atoms with E-state index in [0.717, 1.165) is 5.69 Å². The number of nitrogens with zero attached hydrogens (tertiary/aromatic N) is 2. The largest absolute Gasteiger partial charge is 0.506 e. The normalized spacial score (nSPS) is 14.2. The minimum absolute atomic E-state index is 0.0373. The van der Waals surface area contributed by atoms with E-state index in [9.17, 15) is 14.7 Å². The Morgan fingerprint density at radius 1 is 0.923 bits per heavy atom. The topological polar surface area (TPSA) is 72.9 Å². The summed E-state index contributed by atoms with van der Waals surface area (Å²) in [6, 6.07) is 16.2. The summed E-state index contributed by atoms with van der Waals surface area (Å²) in [5.74, 6) is 0.133. The van der Waals surface area contributed by atoms with E-state index in [2.05, 4.69) is 10.2 Å². The number of phenolic OH excluding ortho intramolecular Hbond substituents is 1. The van der Waals surface area contributed by atoms with Gasteiger partial charge >= 0.3 is 0 Å². The molecule has 0 unspecified atom stereocenters. The number of carbonyl (C=O) groups excluding carboxylic acids is 2. The average Bonchev–Trinajstić information content (AvgIpc) is 2.69. The van der Waals surface area contributed by atoms with Crippen molar-refractivity contribution < 1.29 is 14.7 Å². The van der Waals surface area contributed by atoms with Crippen LogP contribution in [0, 0.1) is 0 Å². The van der Waals surface area contributed by atoms with Gasteiger partial charge in [0.2, 0.25) is 5.91 Å². The highest BCUT2D eigenvalue weighted by molar-refractivity contribution is 5.94. The molecule has 0 radical (unpaired) electrons. The maximum absolute atomic E-state index is 12.3. The number of hydrogen-bond donors (Lipinski definition) is 2. The van der Waals surface area contributed by atoms with Crippen LogP contribution in [0.25, 0.3) is 0 Å². The smallest absolute Gasteiger partial charge is 0.251 e. The zero-order valence-electron chi connectivity index (χ0n) is 14.6. The maximum atomic E-state index is 12.3. The molecule has 2 aromatic carbocycles. The molecular weight excluding hydrogens is 330 g/mol. The number of amides is 2. The molecule has 2 N–H and O–H groups in total. The van der Waals surface area contributed by atoms with Gasteiger partial charge in [0, 0.05) is 44.7 Å². The summed E-state index contributed by atoms with van der Waals surface area (Å²) in [6.07, 6.45) is 0.287. The molecule has 6 heteroatoms. The molecule has 26 heavy (non-hydrogen) atoms. The van der Waals surface area contributed by atoms with Gasteiger partial charge in [-0.05, 0) is 24.3 Å². The molecule has 0 aromatic heterocycles. The Kier molecular flexibility index (Phi) is 5.73. The van der Waals surface area contributed by atoms with Gasteiger partial charge in [0.1, 0.15) is 5.75 Å². The Balaban J connectivity index is 1.43. The molecule has 1 aliphatic heterocycles. The molecule has 1 heterocycles. The molecule has 0 aliphatic carbocycles. The molecular formula is C20H23N3O3. The van der Waals surface area contributed by atoms with Gasteiger partial charge in [0.25, 0.3) is 5.91 Å². The lowest BCUT2D eigenvalue weighted by Crippen LogP contribution is -2.49. The summed E-state index contributed by atoms with van der Waals surface area (Å²) in [6.45, 7) is 2.91. The Labute approximate surface area is 153 Å². The van der Waals surface area contributed by atoms with Crippen LogP contribution in [0.3, 0.4) is 0 Å². The van der Waals surface area contributed by atoms with Crippen LogP contribution in [0.15, 0.2) is 54.6 Å².